The van der Waals surface area contributed by atoms with Crippen molar-refractivity contribution >= 4 is 11.7 Å². The predicted molar refractivity (Wildman–Crippen MR) is 87.6 cm³/mol. The molecule has 1 aromatic rings. The quantitative estimate of drug-likeness (QED) is 0.728. The van der Waals surface area contributed by atoms with E-state index in [1.807, 2.05) is 13.8 Å². The number of rotatable bonds is 5. The lowest BCUT2D eigenvalue weighted by molar-refractivity contribution is 0.0856. The molecule has 3 N–H and O–H groups in total. The summed E-state index contributed by atoms with van der Waals surface area (Å²) < 4.78 is 0. The zero-order chi connectivity index (χ0) is 16.7. The van der Waals surface area contributed by atoms with E-state index in [0.717, 1.165) is 24.1 Å². The molecule has 0 saturated heterocycles. The highest BCUT2D eigenvalue weighted by atomic mass is 16.3. The summed E-state index contributed by atoms with van der Waals surface area (Å²) >= 11 is 0. The molecule has 2 aliphatic rings. The molecule has 0 radical (unpaired) electrons. The first-order valence-corrected chi connectivity index (χ1v) is 8.62. The van der Waals surface area contributed by atoms with E-state index in [1.165, 1.54) is 13.3 Å². The fraction of sp³-hybridized carbons (Fsp3) is 0.667. The van der Waals surface area contributed by atoms with Crippen LogP contribution in [0.15, 0.2) is 0 Å². The average Bonchev–Trinajstić information content (AvgIpc) is 3.18. The van der Waals surface area contributed by atoms with Gasteiger partial charge in [0.2, 0.25) is 0 Å². The third-order valence-corrected chi connectivity index (χ3v) is 5.82. The van der Waals surface area contributed by atoms with Crippen LogP contribution in [0, 0.1) is 24.7 Å². The fourth-order valence-electron chi connectivity index (χ4n) is 4.82. The molecule has 5 heteroatoms. The molecule has 3 rings (SSSR count). The zero-order valence-electron chi connectivity index (χ0n) is 14.1. The largest absolute Gasteiger partial charge is 0.396 e. The maximum atomic E-state index is 12.8. The molecule has 4 unspecified atom stereocenters. The topological polar surface area (TPSA) is 82.2 Å². The van der Waals surface area contributed by atoms with Crippen molar-refractivity contribution in [2.45, 2.75) is 52.5 Å². The van der Waals surface area contributed by atoms with Crippen LogP contribution in [0.25, 0.3) is 0 Å². The Hall–Kier alpha value is -1.62. The lowest BCUT2D eigenvalue weighted by Crippen LogP contribution is -2.45. The normalized spacial score (nSPS) is 29.0. The summed E-state index contributed by atoms with van der Waals surface area (Å²) in [6.07, 6.45) is 4.05. The van der Waals surface area contributed by atoms with E-state index in [2.05, 4.69) is 10.3 Å². The standard InChI is InChI=1S/C18H26N2O3/c1-4-13-15(10(3)22)9(2)19-17(13)18(23)20-16-12-6-5-11(7-12)14(16)8-21/h11-12,14,16,19,21H,4-8H2,1-3H3,(H,20,23). The Morgan fingerprint density at radius 1 is 1.30 bits per heavy atom. The van der Waals surface area contributed by atoms with E-state index in [9.17, 15) is 14.7 Å². The number of H-pyrrole nitrogens is 1. The molecule has 0 aliphatic heterocycles. The molecule has 2 bridgehead atoms. The van der Waals surface area contributed by atoms with Crippen molar-refractivity contribution in [3.05, 3.63) is 22.5 Å². The Kier molecular flexibility index (Phi) is 4.32. The van der Waals surface area contributed by atoms with Crippen LogP contribution in [0.5, 0.6) is 0 Å². The predicted octanol–water partition coefficient (Wildman–Crippen LogP) is 2.22. The van der Waals surface area contributed by atoms with Crippen LogP contribution >= 0.6 is 0 Å². The average molecular weight is 318 g/mol. The van der Waals surface area contributed by atoms with E-state index in [-0.39, 0.29) is 30.3 Å². The highest BCUT2D eigenvalue weighted by molar-refractivity contribution is 6.02. The Labute approximate surface area is 136 Å². The summed E-state index contributed by atoms with van der Waals surface area (Å²) in [5.41, 5.74) is 2.71. The van der Waals surface area contributed by atoms with Crippen molar-refractivity contribution < 1.29 is 14.7 Å². The number of carbonyl (C=O) groups excluding carboxylic acids is 2. The van der Waals surface area contributed by atoms with Crippen LogP contribution in [-0.2, 0) is 6.42 Å². The van der Waals surface area contributed by atoms with Gasteiger partial charge in [0.1, 0.15) is 5.69 Å². The van der Waals surface area contributed by atoms with Crippen LogP contribution in [-0.4, -0.2) is 34.4 Å². The first-order chi connectivity index (χ1) is 11.0. The van der Waals surface area contributed by atoms with Gasteiger partial charge < -0.3 is 15.4 Å². The summed E-state index contributed by atoms with van der Waals surface area (Å²) in [7, 11) is 0. The Morgan fingerprint density at radius 3 is 2.61 bits per heavy atom. The molecular weight excluding hydrogens is 292 g/mol. The van der Waals surface area contributed by atoms with Gasteiger partial charge in [-0.05, 0) is 56.9 Å². The number of fused-ring (bicyclic) bond motifs is 2. The van der Waals surface area contributed by atoms with Gasteiger partial charge in [-0.15, -0.1) is 0 Å². The second-order valence-corrected chi connectivity index (χ2v) is 7.07. The second-order valence-electron chi connectivity index (χ2n) is 7.07. The third-order valence-electron chi connectivity index (χ3n) is 5.82. The first-order valence-electron chi connectivity index (χ1n) is 8.62. The molecule has 1 amide bonds. The molecule has 4 atom stereocenters. The number of hydrogen-bond donors (Lipinski definition) is 3. The molecule has 2 aliphatic carbocycles. The van der Waals surface area contributed by atoms with E-state index in [0.29, 0.717) is 29.5 Å². The van der Waals surface area contributed by atoms with Gasteiger partial charge >= 0.3 is 0 Å². The SMILES string of the molecule is CCc1c(C(=O)NC2C3CCC(C3)C2CO)[nH]c(C)c1C(C)=O. The fourth-order valence-corrected chi connectivity index (χ4v) is 4.82. The second kappa shape index (κ2) is 6.11. The van der Waals surface area contributed by atoms with Crippen LogP contribution < -0.4 is 5.32 Å². The molecular formula is C18H26N2O3. The molecule has 0 aromatic carbocycles. The summed E-state index contributed by atoms with van der Waals surface area (Å²) in [4.78, 5) is 27.7. The molecule has 2 fully saturated rings. The minimum Gasteiger partial charge on any atom is -0.396 e. The molecule has 1 aromatic heterocycles. The minimum absolute atomic E-state index is 0.0113. The Balaban J connectivity index is 1.84. The monoisotopic (exact) mass is 318 g/mol. The van der Waals surface area contributed by atoms with Crippen molar-refractivity contribution in [1.29, 1.82) is 0 Å². The number of aryl methyl sites for hydroxylation is 1. The van der Waals surface area contributed by atoms with E-state index < -0.39 is 0 Å². The van der Waals surface area contributed by atoms with Crippen LogP contribution in [0.2, 0.25) is 0 Å². The lowest BCUT2D eigenvalue weighted by Gasteiger charge is -2.30. The number of aliphatic hydroxyl groups is 1. The van der Waals surface area contributed by atoms with E-state index >= 15 is 0 Å². The van der Waals surface area contributed by atoms with Gasteiger partial charge in [-0.1, -0.05) is 6.92 Å². The van der Waals surface area contributed by atoms with Gasteiger partial charge in [0.25, 0.3) is 5.91 Å². The lowest BCUT2D eigenvalue weighted by atomic mass is 9.85. The summed E-state index contributed by atoms with van der Waals surface area (Å²) in [5.74, 6) is 1.04. The number of nitrogens with one attached hydrogen (secondary N) is 2. The van der Waals surface area contributed by atoms with Crippen LogP contribution in [0.4, 0.5) is 0 Å². The maximum Gasteiger partial charge on any atom is 0.268 e. The number of aliphatic hydroxyl groups excluding tert-OH is 1. The van der Waals surface area contributed by atoms with Gasteiger partial charge in [-0.2, -0.15) is 0 Å². The van der Waals surface area contributed by atoms with Gasteiger partial charge in [-0.25, -0.2) is 0 Å². The highest BCUT2D eigenvalue weighted by Gasteiger charge is 2.47. The van der Waals surface area contributed by atoms with Crippen molar-refractivity contribution in [1.82, 2.24) is 10.3 Å². The van der Waals surface area contributed by atoms with Crippen LogP contribution in [0.3, 0.4) is 0 Å². The number of carbonyl (C=O) groups is 2. The number of aromatic nitrogens is 1. The van der Waals surface area contributed by atoms with Gasteiger partial charge in [-0.3, -0.25) is 9.59 Å². The Morgan fingerprint density at radius 2 is 2.00 bits per heavy atom. The molecule has 0 spiro atoms. The molecule has 23 heavy (non-hydrogen) atoms. The zero-order valence-corrected chi connectivity index (χ0v) is 14.1. The minimum atomic E-state index is -0.145. The molecule has 1 heterocycles. The van der Waals surface area contributed by atoms with E-state index in [1.54, 1.807) is 0 Å². The van der Waals surface area contributed by atoms with Crippen molar-refractivity contribution in [3.8, 4) is 0 Å². The smallest absolute Gasteiger partial charge is 0.268 e. The van der Waals surface area contributed by atoms with E-state index in [4.69, 9.17) is 0 Å². The maximum absolute atomic E-state index is 12.8. The number of aromatic amines is 1. The van der Waals surface area contributed by atoms with Gasteiger partial charge in [0.15, 0.2) is 5.78 Å². The van der Waals surface area contributed by atoms with Gasteiger partial charge in [0.05, 0.1) is 0 Å². The van der Waals surface area contributed by atoms with Crippen molar-refractivity contribution in [2.75, 3.05) is 6.61 Å². The number of Topliss-reactive ketones (excluding diaryl/α,β-unsaturated/α-hetero) is 1. The number of ketones is 1. The summed E-state index contributed by atoms with van der Waals surface area (Å²) in [6.45, 7) is 5.46. The first kappa shape index (κ1) is 16.2. The van der Waals surface area contributed by atoms with Gasteiger partial charge in [0, 0.05) is 29.8 Å². The third kappa shape index (κ3) is 2.61. The van der Waals surface area contributed by atoms with Crippen molar-refractivity contribution in [3.63, 3.8) is 0 Å². The Bertz CT molecular complexity index is 634. The molecule has 5 nitrogen and oxygen atoms in total. The number of hydrogen-bond acceptors (Lipinski definition) is 3. The molecule has 2 saturated carbocycles. The number of amides is 1. The van der Waals surface area contributed by atoms with Crippen LogP contribution in [0.1, 0.15) is 65.2 Å². The highest BCUT2D eigenvalue weighted by Crippen LogP contribution is 2.48. The summed E-state index contributed by atoms with van der Waals surface area (Å²) in [6, 6.07) is 0.0559. The summed E-state index contributed by atoms with van der Waals surface area (Å²) in [5, 5.41) is 12.8. The van der Waals surface area contributed by atoms with Crippen molar-refractivity contribution in [2.24, 2.45) is 17.8 Å². The molecule has 126 valence electrons.